The van der Waals surface area contributed by atoms with E-state index in [-0.39, 0.29) is 19.3 Å². The third-order valence-electron chi connectivity index (χ3n) is 3.32. The van der Waals surface area contributed by atoms with Crippen LogP contribution in [-0.4, -0.2) is 29.0 Å². The Hall–Kier alpha value is -1.41. The molecule has 0 fully saturated rings. The van der Waals surface area contributed by atoms with E-state index in [4.69, 9.17) is 5.26 Å². The molecule has 0 amide bonds. The lowest BCUT2D eigenvalue weighted by molar-refractivity contribution is 0.0793. The summed E-state index contributed by atoms with van der Waals surface area (Å²) in [5.41, 5.74) is 0.896. The summed E-state index contributed by atoms with van der Waals surface area (Å²) in [6, 6.07) is 9.38. The van der Waals surface area contributed by atoms with Gasteiger partial charge in [0.2, 0.25) is 0 Å². The minimum absolute atomic E-state index is 0.0439. The molecule has 1 aromatic carbocycles. The van der Waals surface area contributed by atoms with Crippen molar-refractivity contribution >= 4 is 0 Å². The van der Waals surface area contributed by atoms with Gasteiger partial charge in [-0.15, -0.1) is 0 Å². The minimum atomic E-state index is -0.679. The van der Waals surface area contributed by atoms with Gasteiger partial charge in [-0.05, 0) is 31.0 Å². The maximum Gasteiger partial charge on any atom is 0.0991 e. The van der Waals surface area contributed by atoms with Crippen molar-refractivity contribution in [2.24, 2.45) is 0 Å². The van der Waals surface area contributed by atoms with Gasteiger partial charge in [0.1, 0.15) is 0 Å². The standard InChI is InChI=1S/C14H20N2O2/c1-3-14(9-17,10-18)16-11(2)13-6-4-5-12(7-13)8-15/h4-7,11,16-18H,3,9-10H2,1-2H3. The number of hydrogen-bond acceptors (Lipinski definition) is 4. The van der Waals surface area contributed by atoms with Crippen LogP contribution in [0.1, 0.15) is 37.4 Å². The highest BCUT2D eigenvalue weighted by atomic mass is 16.3. The molecule has 0 aromatic heterocycles. The highest BCUT2D eigenvalue weighted by Gasteiger charge is 2.28. The Morgan fingerprint density at radius 3 is 2.56 bits per heavy atom. The fourth-order valence-corrected chi connectivity index (χ4v) is 1.89. The normalized spacial score (nSPS) is 13.1. The van der Waals surface area contributed by atoms with Crippen molar-refractivity contribution < 1.29 is 10.2 Å². The van der Waals surface area contributed by atoms with Crippen LogP contribution in [0, 0.1) is 11.3 Å². The van der Waals surface area contributed by atoms with Gasteiger partial charge >= 0.3 is 0 Å². The molecule has 18 heavy (non-hydrogen) atoms. The molecule has 1 aromatic rings. The predicted molar refractivity (Wildman–Crippen MR) is 69.9 cm³/mol. The topological polar surface area (TPSA) is 76.3 Å². The van der Waals surface area contributed by atoms with Gasteiger partial charge in [-0.25, -0.2) is 0 Å². The Morgan fingerprint density at radius 1 is 1.39 bits per heavy atom. The summed E-state index contributed by atoms with van der Waals surface area (Å²) in [6.07, 6.45) is 0.627. The van der Waals surface area contributed by atoms with Crippen LogP contribution < -0.4 is 5.32 Å². The van der Waals surface area contributed by atoms with Gasteiger partial charge in [0.25, 0.3) is 0 Å². The molecule has 0 aliphatic rings. The first kappa shape index (κ1) is 14.7. The largest absolute Gasteiger partial charge is 0.394 e. The first-order chi connectivity index (χ1) is 8.60. The molecule has 0 bridgehead atoms. The summed E-state index contributed by atoms with van der Waals surface area (Å²) in [4.78, 5) is 0. The van der Waals surface area contributed by atoms with Crippen LogP contribution in [-0.2, 0) is 0 Å². The van der Waals surface area contributed by atoms with E-state index in [0.29, 0.717) is 12.0 Å². The van der Waals surface area contributed by atoms with Gasteiger partial charge in [0.05, 0.1) is 30.4 Å². The molecule has 0 aliphatic heterocycles. The average molecular weight is 248 g/mol. The van der Waals surface area contributed by atoms with Gasteiger partial charge in [-0.1, -0.05) is 19.1 Å². The Morgan fingerprint density at radius 2 is 2.06 bits per heavy atom. The molecule has 0 saturated carbocycles. The maximum atomic E-state index is 9.40. The van der Waals surface area contributed by atoms with E-state index in [1.54, 1.807) is 6.07 Å². The van der Waals surface area contributed by atoms with Gasteiger partial charge in [0.15, 0.2) is 0 Å². The summed E-state index contributed by atoms with van der Waals surface area (Å²) < 4.78 is 0. The van der Waals surface area contributed by atoms with Crippen molar-refractivity contribution in [3.8, 4) is 6.07 Å². The molecular weight excluding hydrogens is 228 g/mol. The second kappa shape index (κ2) is 6.50. The van der Waals surface area contributed by atoms with Crippen molar-refractivity contribution in [1.29, 1.82) is 5.26 Å². The highest BCUT2D eigenvalue weighted by molar-refractivity contribution is 5.34. The zero-order valence-electron chi connectivity index (χ0n) is 10.8. The highest BCUT2D eigenvalue weighted by Crippen LogP contribution is 2.19. The van der Waals surface area contributed by atoms with Crippen LogP contribution in [0.4, 0.5) is 0 Å². The Kier molecular flexibility index (Phi) is 5.29. The molecule has 98 valence electrons. The monoisotopic (exact) mass is 248 g/mol. The van der Waals surface area contributed by atoms with Gasteiger partial charge < -0.3 is 15.5 Å². The molecule has 4 heteroatoms. The van der Waals surface area contributed by atoms with Crippen molar-refractivity contribution in [1.82, 2.24) is 5.32 Å². The van der Waals surface area contributed by atoms with Gasteiger partial charge in [0, 0.05) is 6.04 Å². The van der Waals surface area contributed by atoms with Crippen molar-refractivity contribution in [2.75, 3.05) is 13.2 Å². The molecule has 0 heterocycles. The summed E-state index contributed by atoms with van der Waals surface area (Å²) in [7, 11) is 0. The Bertz CT molecular complexity index is 414. The molecule has 0 spiro atoms. The number of rotatable bonds is 6. The smallest absolute Gasteiger partial charge is 0.0991 e. The third-order valence-corrected chi connectivity index (χ3v) is 3.32. The van der Waals surface area contributed by atoms with E-state index >= 15 is 0 Å². The van der Waals surface area contributed by atoms with E-state index in [0.717, 1.165) is 5.56 Å². The molecule has 1 rings (SSSR count). The van der Waals surface area contributed by atoms with E-state index in [1.165, 1.54) is 0 Å². The fourth-order valence-electron chi connectivity index (χ4n) is 1.89. The second-order valence-electron chi connectivity index (χ2n) is 4.55. The lowest BCUT2D eigenvalue weighted by Gasteiger charge is -2.33. The molecule has 4 nitrogen and oxygen atoms in total. The second-order valence-corrected chi connectivity index (χ2v) is 4.55. The number of benzene rings is 1. The SMILES string of the molecule is CCC(CO)(CO)NC(C)c1cccc(C#N)c1. The first-order valence-corrected chi connectivity index (χ1v) is 6.10. The van der Waals surface area contributed by atoms with Crippen molar-refractivity contribution in [3.63, 3.8) is 0 Å². The molecule has 0 aliphatic carbocycles. The Balaban J connectivity index is 2.87. The fraction of sp³-hybridized carbons (Fsp3) is 0.500. The molecular formula is C14H20N2O2. The number of aliphatic hydroxyl groups excluding tert-OH is 2. The number of aliphatic hydroxyl groups is 2. The van der Waals surface area contributed by atoms with Crippen LogP contribution >= 0.6 is 0 Å². The van der Waals surface area contributed by atoms with Gasteiger partial charge in [-0.3, -0.25) is 0 Å². The molecule has 1 unspecified atom stereocenters. The average Bonchev–Trinajstić information content (AvgIpc) is 2.44. The van der Waals surface area contributed by atoms with Crippen LogP contribution in [0.25, 0.3) is 0 Å². The van der Waals surface area contributed by atoms with Crippen LogP contribution in [0.15, 0.2) is 24.3 Å². The van der Waals surface area contributed by atoms with Crippen molar-refractivity contribution in [2.45, 2.75) is 31.8 Å². The van der Waals surface area contributed by atoms with E-state index < -0.39 is 5.54 Å². The number of nitrogens with zero attached hydrogens (tertiary/aromatic N) is 1. The third kappa shape index (κ3) is 3.30. The predicted octanol–water partition coefficient (Wildman–Crippen LogP) is 1.34. The zero-order chi connectivity index (χ0) is 13.6. The van der Waals surface area contributed by atoms with Crippen molar-refractivity contribution in [3.05, 3.63) is 35.4 Å². The van der Waals surface area contributed by atoms with Crippen LogP contribution in [0.2, 0.25) is 0 Å². The van der Waals surface area contributed by atoms with E-state index in [1.807, 2.05) is 32.0 Å². The number of nitrogens with one attached hydrogen (secondary N) is 1. The lowest BCUT2D eigenvalue weighted by atomic mass is 9.95. The minimum Gasteiger partial charge on any atom is -0.394 e. The summed E-state index contributed by atoms with van der Waals surface area (Å²) in [5.74, 6) is 0. The Labute approximate surface area is 108 Å². The lowest BCUT2D eigenvalue weighted by Crippen LogP contribution is -2.52. The maximum absolute atomic E-state index is 9.40. The molecule has 3 N–H and O–H groups in total. The quantitative estimate of drug-likeness (QED) is 0.710. The van der Waals surface area contributed by atoms with Crippen LogP contribution in [0.3, 0.4) is 0 Å². The summed E-state index contributed by atoms with van der Waals surface area (Å²) in [6.45, 7) is 3.62. The van der Waals surface area contributed by atoms with E-state index in [9.17, 15) is 10.2 Å². The molecule has 1 atom stereocenters. The van der Waals surface area contributed by atoms with Crippen LogP contribution in [0.5, 0.6) is 0 Å². The first-order valence-electron chi connectivity index (χ1n) is 6.10. The summed E-state index contributed by atoms with van der Waals surface area (Å²) >= 11 is 0. The number of nitriles is 1. The summed E-state index contributed by atoms with van der Waals surface area (Å²) in [5, 5.41) is 30.9. The van der Waals surface area contributed by atoms with Gasteiger partial charge in [-0.2, -0.15) is 5.26 Å². The molecule has 0 radical (unpaired) electrons. The number of hydrogen-bond donors (Lipinski definition) is 3. The molecule has 0 saturated heterocycles. The zero-order valence-corrected chi connectivity index (χ0v) is 10.8. The van der Waals surface area contributed by atoms with E-state index in [2.05, 4.69) is 11.4 Å².